The van der Waals surface area contributed by atoms with Crippen molar-refractivity contribution in [1.29, 1.82) is 0 Å². The zero-order chi connectivity index (χ0) is 29.4. The average molecular weight is 622 g/mol. The van der Waals surface area contributed by atoms with Gasteiger partial charge in [0.2, 0.25) is 0 Å². The molecule has 0 bridgehead atoms. The number of ether oxygens (including phenoxy) is 1. The minimum Gasteiger partial charge on any atom is -0.370 e. The van der Waals surface area contributed by atoms with Crippen LogP contribution in [0.3, 0.4) is 0 Å². The van der Waals surface area contributed by atoms with Gasteiger partial charge in [-0.2, -0.15) is 0 Å². The molecule has 0 spiro atoms. The second-order valence-corrected chi connectivity index (χ2v) is 12.7. The number of hydrogen-bond acceptors (Lipinski definition) is 8. The summed E-state index contributed by atoms with van der Waals surface area (Å²) in [5, 5.41) is 0.992. The molecule has 2 aromatic rings. The topological polar surface area (TPSA) is 89.1 Å². The highest BCUT2D eigenvalue weighted by Crippen LogP contribution is 2.41. The van der Waals surface area contributed by atoms with Crippen LogP contribution in [0.4, 0.5) is 15.0 Å². The average Bonchev–Trinajstić information content (AvgIpc) is 3.40. The third-order valence-corrected chi connectivity index (χ3v) is 9.83. The van der Waals surface area contributed by atoms with Crippen molar-refractivity contribution < 1.29 is 13.9 Å². The normalized spacial score (nSPS) is 27.7. The molecule has 2 N–H and O–H groups in total. The molecule has 0 aromatic carbocycles. The summed E-state index contributed by atoms with van der Waals surface area (Å²) in [6, 6.07) is 1.87. The van der Waals surface area contributed by atoms with Crippen molar-refractivity contribution in [3.63, 3.8) is 0 Å². The van der Waals surface area contributed by atoms with Gasteiger partial charge in [0.15, 0.2) is 11.6 Å². The first kappa shape index (κ1) is 29.8. The summed E-state index contributed by atoms with van der Waals surface area (Å²) in [4.78, 5) is 29.5. The number of aromatic nitrogens is 2. The molecule has 13 heteroatoms. The lowest BCUT2D eigenvalue weighted by Gasteiger charge is -2.40. The lowest BCUT2D eigenvalue weighted by Crippen LogP contribution is -2.56. The number of amides is 2. The molecule has 2 amide bonds. The van der Waals surface area contributed by atoms with Crippen LogP contribution >= 0.6 is 23.2 Å². The van der Waals surface area contributed by atoms with Gasteiger partial charge in [0.05, 0.1) is 28.3 Å². The molecular formula is C29H39Cl2FN8O2. The van der Waals surface area contributed by atoms with Crippen LogP contribution in [0.15, 0.2) is 24.7 Å². The van der Waals surface area contributed by atoms with Gasteiger partial charge in [0.25, 0.3) is 0 Å². The molecular weight excluding hydrogens is 582 g/mol. The van der Waals surface area contributed by atoms with Crippen molar-refractivity contribution in [2.24, 2.45) is 5.92 Å². The molecule has 10 nitrogen and oxygen atoms in total. The van der Waals surface area contributed by atoms with Crippen molar-refractivity contribution in [2.45, 2.75) is 50.5 Å². The van der Waals surface area contributed by atoms with Gasteiger partial charge in [-0.25, -0.2) is 19.6 Å². The highest BCUT2D eigenvalue weighted by molar-refractivity contribution is 6.35. The van der Waals surface area contributed by atoms with Gasteiger partial charge in [-0.05, 0) is 50.8 Å². The highest BCUT2D eigenvalue weighted by atomic mass is 35.5. The first-order valence-electron chi connectivity index (χ1n) is 14.9. The van der Waals surface area contributed by atoms with Gasteiger partial charge in [-0.15, -0.1) is 0 Å². The smallest absolute Gasteiger partial charge is 0.320 e. The maximum atomic E-state index is 15.5. The number of hydrogen-bond donors (Lipinski definition) is 2. The molecule has 1 aliphatic carbocycles. The Morgan fingerprint density at radius 3 is 2.33 bits per heavy atom. The Balaban J connectivity index is 1.06. The van der Waals surface area contributed by atoms with E-state index < -0.39 is 0 Å². The fraction of sp³-hybridized carbons (Fsp3) is 0.621. The molecule has 5 heterocycles. The van der Waals surface area contributed by atoms with E-state index in [9.17, 15) is 4.79 Å². The van der Waals surface area contributed by atoms with Crippen molar-refractivity contribution in [2.75, 3.05) is 64.3 Å². The summed E-state index contributed by atoms with van der Waals surface area (Å²) in [5.74, 6) is 0.226. The Bertz CT molecular complexity index is 1250. The first-order valence-corrected chi connectivity index (χ1v) is 15.6. The van der Waals surface area contributed by atoms with Crippen LogP contribution < -0.4 is 15.8 Å². The van der Waals surface area contributed by atoms with Crippen LogP contribution in [-0.4, -0.2) is 102 Å². The van der Waals surface area contributed by atoms with Gasteiger partial charge >= 0.3 is 6.03 Å². The number of nitrogens with one attached hydrogen (secondary N) is 2. The fourth-order valence-corrected chi connectivity index (χ4v) is 7.46. The summed E-state index contributed by atoms with van der Waals surface area (Å²) >= 11 is 12.7. The van der Waals surface area contributed by atoms with Crippen LogP contribution in [0.2, 0.25) is 10.0 Å². The van der Waals surface area contributed by atoms with Gasteiger partial charge in [-0.3, -0.25) is 10.4 Å². The second-order valence-electron chi connectivity index (χ2n) is 11.9. The lowest BCUT2D eigenvalue weighted by atomic mass is 9.78. The molecule has 6 rings (SSSR count). The lowest BCUT2D eigenvalue weighted by molar-refractivity contribution is -0.0370. The maximum absolute atomic E-state index is 15.5. The van der Waals surface area contributed by atoms with Crippen LogP contribution in [0.5, 0.6) is 0 Å². The standard InChI is InChI=1S/C29H39Cl2FN8O2/c1-18(26-22(30)16-33-17-23(26)31)42-20-3-4-25-21(14-20)27(36-35-25)19-13-24(32)28(34-15-19)38-9-11-40(12-10-38)29(41)39-7-5-37(2)6-8-39/h13,15-18,20-21,25,27,35-36H,3-12,14H2,1-2H3/t18-,20?,21?,25?,27?/m1/s1. The zero-order valence-electron chi connectivity index (χ0n) is 24.1. The van der Waals surface area contributed by atoms with E-state index in [1.165, 1.54) is 0 Å². The zero-order valence-corrected chi connectivity index (χ0v) is 25.6. The van der Waals surface area contributed by atoms with Crippen molar-refractivity contribution in [3.8, 4) is 0 Å². The van der Waals surface area contributed by atoms with Crippen LogP contribution in [-0.2, 0) is 4.74 Å². The molecule has 4 aliphatic rings. The number of urea groups is 1. The van der Waals surface area contributed by atoms with Crippen molar-refractivity contribution in [3.05, 3.63) is 51.6 Å². The van der Waals surface area contributed by atoms with E-state index in [4.69, 9.17) is 27.9 Å². The predicted octanol–water partition coefficient (Wildman–Crippen LogP) is 3.88. The van der Waals surface area contributed by atoms with Gasteiger partial charge in [0, 0.05) is 82.6 Å². The Kier molecular flexibility index (Phi) is 9.04. The number of anilines is 1. The predicted molar refractivity (Wildman–Crippen MR) is 160 cm³/mol. The number of carbonyl (C=O) groups excluding carboxylic acids is 1. The summed E-state index contributed by atoms with van der Waals surface area (Å²) in [6.45, 7) is 7.46. The Labute approximate surface area is 256 Å². The molecule has 5 atom stereocenters. The number of halogens is 3. The van der Waals surface area contributed by atoms with E-state index in [0.29, 0.717) is 42.0 Å². The summed E-state index contributed by atoms with van der Waals surface area (Å²) < 4.78 is 21.9. The first-order chi connectivity index (χ1) is 20.3. The third-order valence-electron chi connectivity index (χ3n) is 9.22. The Morgan fingerprint density at radius 2 is 1.67 bits per heavy atom. The fourth-order valence-electron chi connectivity index (χ4n) is 6.79. The number of rotatable bonds is 5. The number of pyridine rings is 2. The molecule has 228 valence electrons. The summed E-state index contributed by atoms with van der Waals surface area (Å²) in [5.41, 5.74) is 8.37. The Morgan fingerprint density at radius 1 is 1.00 bits per heavy atom. The van der Waals surface area contributed by atoms with E-state index in [1.807, 2.05) is 21.6 Å². The van der Waals surface area contributed by atoms with Crippen LogP contribution in [0.25, 0.3) is 0 Å². The molecule has 4 fully saturated rings. The van der Waals surface area contributed by atoms with E-state index in [-0.39, 0.29) is 42.1 Å². The SMILES string of the molecule is C[C@@H](OC1CCC2NNC(c3cnc(N4CCN(C(=O)N5CCN(C)CC5)CC4)c(F)c3)C2C1)c1c(Cl)cncc1Cl. The largest absolute Gasteiger partial charge is 0.370 e. The maximum Gasteiger partial charge on any atom is 0.320 e. The number of carbonyl (C=O) groups is 1. The summed E-state index contributed by atoms with van der Waals surface area (Å²) in [7, 11) is 2.07. The van der Waals surface area contributed by atoms with Gasteiger partial charge < -0.3 is 24.3 Å². The van der Waals surface area contributed by atoms with Crippen LogP contribution in [0.1, 0.15) is 49.5 Å². The number of hydrazine groups is 1. The second kappa shape index (κ2) is 12.8. The molecule has 0 radical (unpaired) electrons. The minimum atomic E-state index is -0.337. The third kappa shape index (κ3) is 6.18. The summed E-state index contributed by atoms with van der Waals surface area (Å²) in [6.07, 6.45) is 7.35. The van der Waals surface area contributed by atoms with Gasteiger partial charge in [-0.1, -0.05) is 23.2 Å². The quantitative estimate of drug-likeness (QED) is 0.521. The van der Waals surface area contributed by atoms with E-state index in [2.05, 4.69) is 32.8 Å². The minimum absolute atomic E-state index is 0.0210. The molecule has 1 saturated carbocycles. The number of piperazine rings is 2. The van der Waals surface area contributed by atoms with Gasteiger partial charge in [0.1, 0.15) is 0 Å². The monoisotopic (exact) mass is 620 g/mol. The van der Waals surface area contributed by atoms with E-state index >= 15 is 4.39 Å². The highest BCUT2D eigenvalue weighted by Gasteiger charge is 2.42. The van der Waals surface area contributed by atoms with E-state index in [1.54, 1.807) is 24.7 Å². The Hall–Kier alpha value is -2.28. The van der Waals surface area contributed by atoms with Crippen molar-refractivity contribution >= 4 is 35.1 Å². The number of fused-ring (bicyclic) bond motifs is 1. The molecule has 42 heavy (non-hydrogen) atoms. The van der Waals surface area contributed by atoms with Crippen molar-refractivity contribution in [1.82, 2.24) is 35.5 Å². The molecule has 3 saturated heterocycles. The molecule has 3 aliphatic heterocycles. The number of nitrogens with zero attached hydrogens (tertiary/aromatic N) is 6. The van der Waals surface area contributed by atoms with E-state index in [0.717, 1.165) is 56.6 Å². The molecule has 2 aromatic heterocycles. The molecule has 4 unspecified atom stereocenters. The number of likely N-dealkylation sites (N-methyl/N-ethyl adjacent to an activating group) is 1. The van der Waals surface area contributed by atoms with Crippen LogP contribution in [0, 0.1) is 11.7 Å².